The molecule has 4 aromatic rings. The maximum absolute atomic E-state index is 11.3. The van der Waals surface area contributed by atoms with Gasteiger partial charge < -0.3 is 20.3 Å². The fourth-order valence-electron chi connectivity index (χ4n) is 4.44. The zero-order valence-corrected chi connectivity index (χ0v) is 21.5. The standard InChI is InChI=1S/C32H34N2O4/c1-24(18-25-12-15-29(36)16-13-25)34(20-26-8-4-2-5-9-26)21-31(37)28-14-17-32(30(19-28)33-23-35)38-22-27-10-6-3-7-11-27/h2-17,19,23-24,31,36-37H,18,20-22H2,1H3,(H,33,35). The smallest absolute Gasteiger partial charge is 0.211 e. The van der Waals surface area contributed by atoms with Crippen LogP contribution in [0.4, 0.5) is 5.69 Å². The number of carbonyl (C=O) groups is 1. The summed E-state index contributed by atoms with van der Waals surface area (Å²) in [4.78, 5) is 13.5. The van der Waals surface area contributed by atoms with Gasteiger partial charge in [0, 0.05) is 19.1 Å². The molecular weight excluding hydrogens is 476 g/mol. The number of nitrogens with one attached hydrogen (secondary N) is 1. The van der Waals surface area contributed by atoms with Crippen LogP contribution in [0.5, 0.6) is 11.5 Å². The van der Waals surface area contributed by atoms with Gasteiger partial charge in [-0.25, -0.2) is 0 Å². The van der Waals surface area contributed by atoms with Gasteiger partial charge in [0.15, 0.2) is 0 Å². The van der Waals surface area contributed by atoms with Crippen LogP contribution in [0.2, 0.25) is 0 Å². The highest BCUT2D eigenvalue weighted by Gasteiger charge is 2.21. The second-order valence-electron chi connectivity index (χ2n) is 9.44. The van der Waals surface area contributed by atoms with E-state index < -0.39 is 6.10 Å². The number of ether oxygens (including phenoxy) is 1. The first-order chi connectivity index (χ1) is 18.5. The van der Waals surface area contributed by atoms with Gasteiger partial charge in [-0.3, -0.25) is 9.69 Å². The SMILES string of the molecule is CC(Cc1ccc(O)cc1)N(Cc1ccccc1)CC(O)c1ccc(OCc2ccccc2)c(NC=O)c1. The lowest BCUT2D eigenvalue weighted by molar-refractivity contribution is -0.105. The molecule has 2 atom stereocenters. The number of nitrogens with zero attached hydrogens (tertiary/aromatic N) is 1. The molecule has 0 aliphatic carbocycles. The van der Waals surface area contributed by atoms with Gasteiger partial charge in [0.1, 0.15) is 18.1 Å². The minimum atomic E-state index is -0.781. The number of aromatic hydroxyl groups is 1. The molecular formula is C32H34N2O4. The second kappa shape index (κ2) is 13.4. The Bertz CT molecular complexity index is 1280. The molecule has 0 saturated heterocycles. The molecule has 0 radical (unpaired) electrons. The van der Waals surface area contributed by atoms with Crippen molar-refractivity contribution in [2.45, 2.75) is 38.6 Å². The number of aliphatic hydroxyl groups excluding tert-OH is 1. The first-order valence-corrected chi connectivity index (χ1v) is 12.8. The molecule has 0 bridgehead atoms. The molecule has 3 N–H and O–H groups in total. The van der Waals surface area contributed by atoms with Crippen LogP contribution in [0.1, 0.15) is 35.3 Å². The molecule has 2 unspecified atom stereocenters. The van der Waals surface area contributed by atoms with E-state index >= 15 is 0 Å². The van der Waals surface area contributed by atoms with Gasteiger partial charge in [-0.2, -0.15) is 0 Å². The number of carbonyl (C=O) groups excluding carboxylic acids is 1. The molecule has 0 saturated carbocycles. The van der Waals surface area contributed by atoms with Crippen LogP contribution < -0.4 is 10.1 Å². The molecule has 6 heteroatoms. The van der Waals surface area contributed by atoms with Crippen LogP contribution in [-0.2, 0) is 24.4 Å². The van der Waals surface area contributed by atoms with E-state index in [-0.39, 0.29) is 11.8 Å². The summed E-state index contributed by atoms with van der Waals surface area (Å²) < 4.78 is 5.95. The van der Waals surface area contributed by atoms with Gasteiger partial charge in [-0.15, -0.1) is 0 Å². The largest absolute Gasteiger partial charge is 0.508 e. The van der Waals surface area contributed by atoms with Crippen molar-refractivity contribution >= 4 is 12.1 Å². The number of aliphatic hydroxyl groups is 1. The number of phenols is 1. The van der Waals surface area contributed by atoms with Crippen molar-refractivity contribution in [2.75, 3.05) is 11.9 Å². The minimum absolute atomic E-state index is 0.121. The molecule has 0 aromatic heterocycles. The average molecular weight is 511 g/mol. The highest BCUT2D eigenvalue weighted by molar-refractivity contribution is 5.76. The Labute approximate surface area is 224 Å². The maximum atomic E-state index is 11.3. The minimum Gasteiger partial charge on any atom is -0.508 e. The summed E-state index contributed by atoms with van der Waals surface area (Å²) in [5, 5.41) is 23.6. The molecule has 4 rings (SSSR count). The second-order valence-corrected chi connectivity index (χ2v) is 9.44. The Kier molecular flexibility index (Phi) is 9.51. The van der Waals surface area contributed by atoms with Gasteiger partial charge in [-0.1, -0.05) is 78.9 Å². The lowest BCUT2D eigenvalue weighted by Gasteiger charge is -2.31. The summed E-state index contributed by atoms with van der Waals surface area (Å²) >= 11 is 0. The quantitative estimate of drug-likeness (QED) is 0.201. The number of amides is 1. The van der Waals surface area contributed by atoms with E-state index in [1.807, 2.05) is 66.7 Å². The average Bonchev–Trinajstić information content (AvgIpc) is 2.94. The Balaban J connectivity index is 1.50. The Morgan fingerprint density at radius 3 is 2.18 bits per heavy atom. The van der Waals surface area contributed by atoms with Gasteiger partial charge in [-0.05, 0) is 59.9 Å². The van der Waals surface area contributed by atoms with Crippen molar-refractivity contribution in [1.82, 2.24) is 4.90 Å². The Morgan fingerprint density at radius 1 is 0.868 bits per heavy atom. The van der Waals surface area contributed by atoms with Crippen LogP contribution in [0, 0.1) is 0 Å². The molecule has 0 spiro atoms. The highest BCUT2D eigenvalue weighted by atomic mass is 16.5. The molecule has 196 valence electrons. The summed E-state index contributed by atoms with van der Waals surface area (Å²) in [7, 11) is 0. The Hall–Kier alpha value is -4.13. The van der Waals surface area contributed by atoms with Gasteiger partial charge in [0.25, 0.3) is 0 Å². The first kappa shape index (κ1) is 26.9. The third kappa shape index (κ3) is 7.68. The van der Waals surface area contributed by atoms with E-state index in [0.29, 0.717) is 43.1 Å². The predicted octanol–water partition coefficient (Wildman–Crippen LogP) is 5.71. The van der Waals surface area contributed by atoms with Gasteiger partial charge in [0.05, 0.1) is 11.8 Å². The van der Waals surface area contributed by atoms with Crippen molar-refractivity contribution < 1.29 is 19.7 Å². The van der Waals surface area contributed by atoms with Crippen molar-refractivity contribution in [3.8, 4) is 11.5 Å². The van der Waals surface area contributed by atoms with Crippen molar-refractivity contribution in [3.05, 3.63) is 125 Å². The van der Waals surface area contributed by atoms with Crippen LogP contribution in [-0.4, -0.2) is 34.1 Å². The van der Waals surface area contributed by atoms with E-state index in [0.717, 1.165) is 23.1 Å². The number of hydrogen-bond acceptors (Lipinski definition) is 5. The molecule has 0 fully saturated rings. The monoisotopic (exact) mass is 510 g/mol. The van der Waals surface area contributed by atoms with Crippen LogP contribution in [0.3, 0.4) is 0 Å². The third-order valence-corrected chi connectivity index (χ3v) is 6.57. The van der Waals surface area contributed by atoms with Gasteiger partial charge in [0.2, 0.25) is 6.41 Å². The topological polar surface area (TPSA) is 82.0 Å². The number of anilines is 1. The number of benzene rings is 4. The molecule has 4 aromatic carbocycles. The van der Waals surface area contributed by atoms with Crippen LogP contribution >= 0.6 is 0 Å². The summed E-state index contributed by atoms with van der Waals surface area (Å²) in [6, 6.07) is 32.7. The van der Waals surface area contributed by atoms with E-state index in [4.69, 9.17) is 4.74 Å². The highest BCUT2D eigenvalue weighted by Crippen LogP contribution is 2.30. The van der Waals surface area contributed by atoms with E-state index in [2.05, 4.69) is 29.3 Å². The van der Waals surface area contributed by atoms with E-state index in [1.54, 1.807) is 24.3 Å². The van der Waals surface area contributed by atoms with E-state index in [1.165, 1.54) is 0 Å². The number of hydrogen-bond donors (Lipinski definition) is 3. The molecule has 0 heterocycles. The Morgan fingerprint density at radius 2 is 1.53 bits per heavy atom. The summed E-state index contributed by atoms with van der Waals surface area (Å²) in [5.41, 5.74) is 4.49. The molecule has 0 aliphatic rings. The maximum Gasteiger partial charge on any atom is 0.211 e. The fourth-order valence-corrected chi connectivity index (χ4v) is 4.44. The lowest BCUT2D eigenvalue weighted by atomic mass is 10.0. The molecule has 38 heavy (non-hydrogen) atoms. The van der Waals surface area contributed by atoms with Crippen LogP contribution in [0.15, 0.2) is 103 Å². The van der Waals surface area contributed by atoms with Gasteiger partial charge >= 0.3 is 0 Å². The summed E-state index contributed by atoms with van der Waals surface area (Å²) in [6.07, 6.45) is 0.600. The van der Waals surface area contributed by atoms with E-state index in [9.17, 15) is 15.0 Å². The molecule has 0 aliphatic heterocycles. The molecule has 6 nitrogen and oxygen atoms in total. The lowest BCUT2D eigenvalue weighted by Crippen LogP contribution is -2.37. The van der Waals surface area contributed by atoms with Crippen molar-refractivity contribution in [1.29, 1.82) is 0 Å². The van der Waals surface area contributed by atoms with Crippen molar-refractivity contribution in [2.24, 2.45) is 0 Å². The predicted molar refractivity (Wildman–Crippen MR) is 150 cm³/mol. The number of phenolic OH excluding ortho intramolecular Hbond substituents is 1. The first-order valence-electron chi connectivity index (χ1n) is 12.8. The zero-order chi connectivity index (χ0) is 26.7. The summed E-state index contributed by atoms with van der Waals surface area (Å²) in [6.45, 7) is 3.59. The molecule has 1 amide bonds. The zero-order valence-electron chi connectivity index (χ0n) is 21.5. The summed E-state index contributed by atoms with van der Waals surface area (Å²) in [5.74, 6) is 0.785. The fraction of sp³-hybridized carbons (Fsp3) is 0.219. The van der Waals surface area contributed by atoms with Crippen LogP contribution in [0.25, 0.3) is 0 Å². The number of rotatable bonds is 13. The third-order valence-electron chi connectivity index (χ3n) is 6.57. The normalized spacial score (nSPS) is 12.6. The van der Waals surface area contributed by atoms with Crippen molar-refractivity contribution in [3.63, 3.8) is 0 Å².